The van der Waals surface area contributed by atoms with E-state index in [9.17, 15) is 9.59 Å². The van der Waals surface area contributed by atoms with E-state index in [1.807, 2.05) is 13.0 Å². The van der Waals surface area contributed by atoms with Gasteiger partial charge in [0.25, 0.3) is 5.91 Å². The number of rotatable bonds is 6. The predicted octanol–water partition coefficient (Wildman–Crippen LogP) is 3.11. The van der Waals surface area contributed by atoms with Crippen LogP contribution in [0.3, 0.4) is 0 Å². The van der Waals surface area contributed by atoms with Crippen LogP contribution < -0.4 is 15.4 Å². The van der Waals surface area contributed by atoms with Crippen LogP contribution >= 0.6 is 11.6 Å². The highest BCUT2D eigenvalue weighted by Gasteiger charge is 2.09. The van der Waals surface area contributed by atoms with E-state index in [1.165, 1.54) is 0 Å². The van der Waals surface area contributed by atoms with Gasteiger partial charge in [0.05, 0.1) is 18.2 Å². The second kappa shape index (κ2) is 8.19. The van der Waals surface area contributed by atoms with Crippen molar-refractivity contribution in [2.75, 3.05) is 18.5 Å². The molecule has 120 valence electrons. The smallest absolute Gasteiger partial charge is 0.251 e. The fraction of sp³-hybridized carbons (Fsp3) is 0.176. The number of amides is 2. The Morgan fingerprint density at radius 1 is 1.13 bits per heavy atom. The minimum Gasteiger partial charge on any atom is -0.492 e. The van der Waals surface area contributed by atoms with Crippen LogP contribution in [0, 0.1) is 0 Å². The summed E-state index contributed by atoms with van der Waals surface area (Å²) in [5.41, 5.74) is 1.04. The first-order chi connectivity index (χ1) is 11.1. The Morgan fingerprint density at radius 2 is 1.87 bits per heavy atom. The number of carbonyl (C=O) groups excluding carboxylic acids is 2. The first-order valence-corrected chi connectivity index (χ1v) is 7.53. The maximum Gasteiger partial charge on any atom is 0.251 e. The van der Waals surface area contributed by atoms with Crippen LogP contribution in [0.1, 0.15) is 17.3 Å². The van der Waals surface area contributed by atoms with Gasteiger partial charge in [0.15, 0.2) is 0 Å². The molecule has 0 atom stereocenters. The number of benzene rings is 2. The molecule has 6 heteroatoms. The molecule has 0 unspecified atom stereocenters. The molecule has 2 N–H and O–H groups in total. The topological polar surface area (TPSA) is 67.4 Å². The molecule has 23 heavy (non-hydrogen) atoms. The van der Waals surface area contributed by atoms with Gasteiger partial charge >= 0.3 is 0 Å². The highest BCUT2D eigenvalue weighted by molar-refractivity contribution is 6.32. The number of anilines is 1. The molecule has 0 aromatic heterocycles. The van der Waals surface area contributed by atoms with E-state index in [-0.39, 0.29) is 18.4 Å². The largest absolute Gasteiger partial charge is 0.492 e. The molecule has 2 rings (SSSR count). The number of nitrogens with one attached hydrogen (secondary N) is 2. The number of hydrogen-bond acceptors (Lipinski definition) is 3. The van der Waals surface area contributed by atoms with Crippen molar-refractivity contribution in [1.29, 1.82) is 0 Å². The standard InChI is InChI=1S/C17H17ClN2O3/c1-2-23-15-9-8-13(10-14(15)18)20-16(21)11-19-17(22)12-6-4-3-5-7-12/h3-10H,2,11H2,1H3,(H,19,22)(H,20,21). The SMILES string of the molecule is CCOc1ccc(NC(=O)CNC(=O)c2ccccc2)cc1Cl. The summed E-state index contributed by atoms with van der Waals surface area (Å²) in [6.07, 6.45) is 0. The van der Waals surface area contributed by atoms with Gasteiger partial charge in [-0.05, 0) is 37.3 Å². The molecule has 5 nitrogen and oxygen atoms in total. The van der Waals surface area contributed by atoms with Gasteiger partial charge in [-0.25, -0.2) is 0 Å². The van der Waals surface area contributed by atoms with E-state index in [4.69, 9.17) is 16.3 Å². The summed E-state index contributed by atoms with van der Waals surface area (Å²) < 4.78 is 5.32. The molecule has 2 aromatic rings. The molecular formula is C17H17ClN2O3. The molecule has 2 aromatic carbocycles. The monoisotopic (exact) mass is 332 g/mol. The summed E-state index contributed by atoms with van der Waals surface area (Å²) in [5, 5.41) is 5.64. The molecule has 0 fully saturated rings. The molecular weight excluding hydrogens is 316 g/mol. The quantitative estimate of drug-likeness (QED) is 0.854. The van der Waals surface area contributed by atoms with Crippen LogP contribution in [-0.2, 0) is 4.79 Å². The van der Waals surface area contributed by atoms with Crippen molar-refractivity contribution >= 4 is 29.1 Å². The third kappa shape index (κ3) is 5.00. The maximum atomic E-state index is 11.9. The zero-order valence-electron chi connectivity index (χ0n) is 12.6. The second-order valence-corrected chi connectivity index (χ2v) is 5.08. The van der Waals surface area contributed by atoms with Crippen LogP contribution in [-0.4, -0.2) is 25.0 Å². The summed E-state index contributed by atoms with van der Waals surface area (Å²) in [6, 6.07) is 13.7. The van der Waals surface area contributed by atoms with Crippen molar-refractivity contribution in [2.24, 2.45) is 0 Å². The highest BCUT2D eigenvalue weighted by atomic mass is 35.5. The number of carbonyl (C=O) groups is 2. The lowest BCUT2D eigenvalue weighted by atomic mass is 10.2. The van der Waals surface area contributed by atoms with Crippen LogP contribution in [0.4, 0.5) is 5.69 Å². The van der Waals surface area contributed by atoms with Gasteiger partial charge in [0.2, 0.25) is 5.91 Å². The average Bonchev–Trinajstić information content (AvgIpc) is 2.56. The summed E-state index contributed by atoms with van der Waals surface area (Å²) in [4.78, 5) is 23.7. The Kier molecular flexibility index (Phi) is 6.00. The van der Waals surface area contributed by atoms with E-state index < -0.39 is 0 Å². The van der Waals surface area contributed by atoms with Gasteiger partial charge in [-0.3, -0.25) is 9.59 Å². The van der Waals surface area contributed by atoms with Crippen molar-refractivity contribution in [3.05, 3.63) is 59.1 Å². The van der Waals surface area contributed by atoms with Gasteiger partial charge in [-0.15, -0.1) is 0 Å². The molecule has 0 aliphatic heterocycles. The Balaban J connectivity index is 1.87. The number of hydrogen-bond donors (Lipinski definition) is 2. The molecule has 0 aliphatic carbocycles. The van der Waals surface area contributed by atoms with Crippen molar-refractivity contribution < 1.29 is 14.3 Å². The van der Waals surface area contributed by atoms with Crippen LogP contribution in [0.2, 0.25) is 5.02 Å². The van der Waals surface area contributed by atoms with E-state index >= 15 is 0 Å². The van der Waals surface area contributed by atoms with Crippen LogP contribution in [0.15, 0.2) is 48.5 Å². The lowest BCUT2D eigenvalue weighted by Crippen LogP contribution is -2.32. The minimum absolute atomic E-state index is 0.126. The predicted molar refractivity (Wildman–Crippen MR) is 90.0 cm³/mol. The third-order valence-electron chi connectivity index (χ3n) is 2.96. The zero-order valence-corrected chi connectivity index (χ0v) is 13.4. The molecule has 0 saturated heterocycles. The van der Waals surface area contributed by atoms with Gasteiger partial charge in [-0.2, -0.15) is 0 Å². The molecule has 2 amide bonds. The van der Waals surface area contributed by atoms with E-state index in [2.05, 4.69) is 10.6 Å². The van der Waals surface area contributed by atoms with E-state index in [1.54, 1.807) is 42.5 Å². The molecule has 0 saturated carbocycles. The minimum atomic E-state index is -0.338. The first kappa shape index (κ1) is 16.8. The summed E-state index contributed by atoms with van der Waals surface area (Å²) >= 11 is 6.05. The Morgan fingerprint density at radius 3 is 2.52 bits per heavy atom. The molecule has 0 heterocycles. The van der Waals surface area contributed by atoms with Gasteiger partial charge in [-0.1, -0.05) is 29.8 Å². The van der Waals surface area contributed by atoms with Crippen molar-refractivity contribution in [3.63, 3.8) is 0 Å². The average molecular weight is 333 g/mol. The Hall–Kier alpha value is -2.53. The second-order valence-electron chi connectivity index (χ2n) is 4.68. The summed E-state index contributed by atoms with van der Waals surface area (Å²) in [5.74, 6) is -0.0791. The van der Waals surface area contributed by atoms with Crippen molar-refractivity contribution in [1.82, 2.24) is 5.32 Å². The Bertz CT molecular complexity index is 689. The van der Waals surface area contributed by atoms with Crippen LogP contribution in [0.5, 0.6) is 5.75 Å². The molecule has 0 radical (unpaired) electrons. The summed E-state index contributed by atoms with van der Waals surface area (Å²) in [7, 11) is 0. The van der Waals surface area contributed by atoms with Crippen LogP contribution in [0.25, 0.3) is 0 Å². The molecule has 0 bridgehead atoms. The lowest BCUT2D eigenvalue weighted by molar-refractivity contribution is -0.115. The van der Waals surface area contributed by atoms with E-state index in [0.717, 1.165) is 0 Å². The fourth-order valence-electron chi connectivity index (χ4n) is 1.91. The number of ether oxygens (including phenoxy) is 1. The zero-order chi connectivity index (χ0) is 16.7. The molecule has 0 spiro atoms. The van der Waals surface area contributed by atoms with Gasteiger partial charge in [0, 0.05) is 11.3 Å². The van der Waals surface area contributed by atoms with Gasteiger partial charge < -0.3 is 15.4 Å². The van der Waals surface area contributed by atoms with E-state index in [0.29, 0.717) is 28.6 Å². The Labute approximate surface area is 139 Å². The third-order valence-corrected chi connectivity index (χ3v) is 3.26. The van der Waals surface area contributed by atoms with Crippen molar-refractivity contribution in [2.45, 2.75) is 6.92 Å². The number of halogens is 1. The first-order valence-electron chi connectivity index (χ1n) is 7.15. The lowest BCUT2D eigenvalue weighted by Gasteiger charge is -2.10. The van der Waals surface area contributed by atoms with Gasteiger partial charge in [0.1, 0.15) is 5.75 Å². The fourth-order valence-corrected chi connectivity index (χ4v) is 2.14. The highest BCUT2D eigenvalue weighted by Crippen LogP contribution is 2.27. The van der Waals surface area contributed by atoms with Crippen molar-refractivity contribution in [3.8, 4) is 5.75 Å². The summed E-state index contributed by atoms with van der Waals surface area (Å²) in [6.45, 7) is 2.25. The maximum absolute atomic E-state index is 11.9. The normalized spacial score (nSPS) is 10.0. The molecule has 0 aliphatic rings.